The second-order valence-corrected chi connectivity index (χ2v) is 3.70. The van der Waals surface area contributed by atoms with Gasteiger partial charge in [0.25, 0.3) is 0 Å². The van der Waals surface area contributed by atoms with Gasteiger partial charge >= 0.3 is 0 Å². The summed E-state index contributed by atoms with van der Waals surface area (Å²) in [7, 11) is 0. The van der Waals surface area contributed by atoms with Gasteiger partial charge in [0, 0.05) is 12.7 Å². The summed E-state index contributed by atoms with van der Waals surface area (Å²) in [5, 5.41) is 11.3. The minimum atomic E-state index is 0.561. The van der Waals surface area contributed by atoms with Crippen molar-refractivity contribution in [3.05, 3.63) is 35.6 Å². The Morgan fingerprint density at radius 2 is 2.31 bits per heavy atom. The van der Waals surface area contributed by atoms with E-state index in [9.17, 15) is 0 Å². The van der Waals surface area contributed by atoms with E-state index in [0.29, 0.717) is 17.3 Å². The number of para-hydroxylation sites is 1. The number of aromatic nitrogens is 3. The lowest BCUT2D eigenvalue weighted by Crippen LogP contribution is -2.12. The first-order chi connectivity index (χ1) is 7.77. The van der Waals surface area contributed by atoms with Crippen LogP contribution in [0.15, 0.2) is 30.6 Å². The highest BCUT2D eigenvalue weighted by molar-refractivity contribution is 6.33. The number of hydrogen-bond acceptors (Lipinski definition) is 4. The number of rotatable bonds is 4. The Morgan fingerprint density at radius 1 is 1.44 bits per heavy atom. The second-order valence-electron chi connectivity index (χ2n) is 3.29. The standard InChI is InChI=1S/C10H12ClN5/c11-8-2-1-3-9(10(8)12)13-4-6-16-7-5-14-15-16/h1-3,5,7,13H,4,6,12H2. The van der Waals surface area contributed by atoms with Crippen LogP contribution in [0.5, 0.6) is 0 Å². The van der Waals surface area contributed by atoms with Gasteiger partial charge in [-0.2, -0.15) is 0 Å². The first-order valence-electron chi connectivity index (χ1n) is 4.89. The molecule has 0 aliphatic rings. The van der Waals surface area contributed by atoms with Crippen molar-refractivity contribution in [1.82, 2.24) is 15.0 Å². The average Bonchev–Trinajstić information content (AvgIpc) is 2.77. The summed E-state index contributed by atoms with van der Waals surface area (Å²) in [6.07, 6.45) is 3.46. The monoisotopic (exact) mass is 237 g/mol. The molecule has 0 fully saturated rings. The molecule has 0 bridgehead atoms. The van der Waals surface area contributed by atoms with Crippen LogP contribution in [-0.2, 0) is 6.54 Å². The van der Waals surface area contributed by atoms with E-state index in [1.54, 1.807) is 16.9 Å². The predicted molar refractivity (Wildman–Crippen MR) is 64.4 cm³/mol. The largest absolute Gasteiger partial charge is 0.396 e. The van der Waals surface area contributed by atoms with Crippen LogP contribution < -0.4 is 11.1 Å². The van der Waals surface area contributed by atoms with E-state index in [0.717, 1.165) is 12.2 Å². The maximum absolute atomic E-state index is 5.90. The van der Waals surface area contributed by atoms with E-state index in [-0.39, 0.29) is 0 Å². The van der Waals surface area contributed by atoms with Gasteiger partial charge in [-0.3, -0.25) is 4.68 Å². The van der Waals surface area contributed by atoms with Crippen molar-refractivity contribution in [3.8, 4) is 0 Å². The third-order valence-electron chi connectivity index (χ3n) is 2.18. The number of nitrogens with one attached hydrogen (secondary N) is 1. The van der Waals surface area contributed by atoms with Crippen LogP contribution in [-0.4, -0.2) is 21.5 Å². The highest BCUT2D eigenvalue weighted by Crippen LogP contribution is 2.26. The van der Waals surface area contributed by atoms with Crippen LogP contribution in [0.2, 0.25) is 5.02 Å². The third kappa shape index (κ3) is 2.43. The molecule has 6 heteroatoms. The van der Waals surface area contributed by atoms with Crippen molar-refractivity contribution in [2.45, 2.75) is 6.54 Å². The zero-order valence-corrected chi connectivity index (χ0v) is 9.35. The van der Waals surface area contributed by atoms with Gasteiger partial charge in [0.15, 0.2) is 0 Å². The Hall–Kier alpha value is -1.75. The summed E-state index contributed by atoms with van der Waals surface area (Å²) in [5.41, 5.74) is 7.23. The molecule has 84 valence electrons. The summed E-state index contributed by atoms with van der Waals surface area (Å²) < 4.78 is 1.74. The molecule has 0 saturated heterocycles. The molecule has 0 aliphatic carbocycles. The van der Waals surface area contributed by atoms with Gasteiger partial charge in [-0.1, -0.05) is 22.9 Å². The summed E-state index contributed by atoms with van der Waals surface area (Å²) in [6.45, 7) is 1.44. The molecule has 1 aromatic heterocycles. The smallest absolute Gasteiger partial charge is 0.0739 e. The van der Waals surface area contributed by atoms with Gasteiger partial charge in [-0.05, 0) is 12.1 Å². The topological polar surface area (TPSA) is 68.8 Å². The van der Waals surface area contributed by atoms with E-state index >= 15 is 0 Å². The molecule has 5 nitrogen and oxygen atoms in total. The molecule has 0 aliphatic heterocycles. The number of anilines is 2. The van der Waals surface area contributed by atoms with Gasteiger partial charge in [-0.15, -0.1) is 5.10 Å². The molecule has 0 atom stereocenters. The Balaban J connectivity index is 1.92. The lowest BCUT2D eigenvalue weighted by Gasteiger charge is -2.09. The summed E-state index contributed by atoms with van der Waals surface area (Å²) in [5.74, 6) is 0. The van der Waals surface area contributed by atoms with E-state index < -0.39 is 0 Å². The van der Waals surface area contributed by atoms with Crippen LogP contribution in [0.25, 0.3) is 0 Å². The lowest BCUT2D eigenvalue weighted by molar-refractivity contribution is 0.609. The first kappa shape index (κ1) is 10.8. The van der Waals surface area contributed by atoms with Crippen molar-refractivity contribution in [2.24, 2.45) is 0 Å². The van der Waals surface area contributed by atoms with Crippen molar-refractivity contribution in [2.75, 3.05) is 17.6 Å². The SMILES string of the molecule is Nc1c(Cl)cccc1NCCn1ccnn1. The fraction of sp³-hybridized carbons (Fsp3) is 0.200. The number of halogens is 1. The number of nitrogens with two attached hydrogens (primary N) is 1. The van der Waals surface area contributed by atoms with Crippen LogP contribution in [0.4, 0.5) is 11.4 Å². The van der Waals surface area contributed by atoms with E-state index in [4.69, 9.17) is 17.3 Å². The molecule has 2 aromatic rings. The van der Waals surface area contributed by atoms with Gasteiger partial charge in [0.1, 0.15) is 0 Å². The molecule has 1 aromatic carbocycles. The fourth-order valence-electron chi connectivity index (χ4n) is 1.35. The minimum Gasteiger partial charge on any atom is -0.396 e. The Labute approximate surface area is 98.2 Å². The van der Waals surface area contributed by atoms with Crippen LogP contribution in [0.3, 0.4) is 0 Å². The third-order valence-corrected chi connectivity index (χ3v) is 2.51. The summed E-state index contributed by atoms with van der Waals surface area (Å²) >= 11 is 5.90. The highest BCUT2D eigenvalue weighted by Gasteiger charge is 2.01. The van der Waals surface area contributed by atoms with Crippen LogP contribution >= 0.6 is 11.6 Å². The molecular formula is C10H12ClN5. The molecule has 3 N–H and O–H groups in total. The van der Waals surface area contributed by atoms with Gasteiger partial charge < -0.3 is 11.1 Å². The molecule has 0 unspecified atom stereocenters. The summed E-state index contributed by atoms with van der Waals surface area (Å²) in [4.78, 5) is 0. The zero-order valence-electron chi connectivity index (χ0n) is 8.60. The maximum Gasteiger partial charge on any atom is 0.0739 e. The molecular weight excluding hydrogens is 226 g/mol. The highest BCUT2D eigenvalue weighted by atomic mass is 35.5. The number of benzene rings is 1. The van der Waals surface area contributed by atoms with Gasteiger partial charge in [0.2, 0.25) is 0 Å². The Morgan fingerprint density at radius 3 is 3.06 bits per heavy atom. The Kier molecular flexibility index (Phi) is 3.26. The number of hydrogen-bond donors (Lipinski definition) is 2. The van der Waals surface area contributed by atoms with Crippen LogP contribution in [0.1, 0.15) is 0 Å². The molecule has 0 amide bonds. The van der Waals surface area contributed by atoms with Gasteiger partial charge in [-0.25, -0.2) is 0 Å². The Bertz CT molecular complexity index is 454. The van der Waals surface area contributed by atoms with Crippen molar-refractivity contribution in [3.63, 3.8) is 0 Å². The average molecular weight is 238 g/mol. The van der Waals surface area contributed by atoms with E-state index in [1.807, 2.05) is 18.3 Å². The normalized spacial score (nSPS) is 10.3. The summed E-state index contributed by atoms with van der Waals surface area (Å²) in [6, 6.07) is 5.51. The molecule has 0 radical (unpaired) electrons. The van der Waals surface area contributed by atoms with Crippen molar-refractivity contribution in [1.29, 1.82) is 0 Å². The lowest BCUT2D eigenvalue weighted by atomic mass is 10.2. The second kappa shape index (κ2) is 4.85. The molecule has 0 saturated carbocycles. The molecule has 1 heterocycles. The van der Waals surface area contributed by atoms with E-state index in [1.165, 1.54) is 0 Å². The maximum atomic E-state index is 5.90. The number of nitrogen functional groups attached to an aromatic ring is 1. The van der Waals surface area contributed by atoms with Crippen LogP contribution in [0, 0.1) is 0 Å². The minimum absolute atomic E-state index is 0.561. The van der Waals surface area contributed by atoms with Gasteiger partial charge in [0.05, 0.1) is 29.1 Å². The molecule has 2 rings (SSSR count). The number of nitrogens with zero attached hydrogens (tertiary/aromatic N) is 3. The van der Waals surface area contributed by atoms with Crippen molar-refractivity contribution < 1.29 is 0 Å². The predicted octanol–water partition coefficient (Wildman–Crippen LogP) is 1.63. The van der Waals surface area contributed by atoms with E-state index in [2.05, 4.69) is 15.6 Å². The fourth-order valence-corrected chi connectivity index (χ4v) is 1.52. The quantitative estimate of drug-likeness (QED) is 0.793. The zero-order chi connectivity index (χ0) is 11.4. The molecule has 0 spiro atoms. The first-order valence-corrected chi connectivity index (χ1v) is 5.27. The molecule has 16 heavy (non-hydrogen) atoms. The van der Waals surface area contributed by atoms with Crippen molar-refractivity contribution >= 4 is 23.0 Å².